The van der Waals surface area contributed by atoms with E-state index < -0.39 is 9.84 Å². The van der Waals surface area contributed by atoms with Gasteiger partial charge >= 0.3 is 0 Å². The molecule has 0 N–H and O–H groups in total. The van der Waals surface area contributed by atoms with Gasteiger partial charge in [0.25, 0.3) is 0 Å². The van der Waals surface area contributed by atoms with Gasteiger partial charge < -0.3 is 4.57 Å². The molecule has 0 aliphatic heterocycles. The van der Waals surface area contributed by atoms with Crippen molar-refractivity contribution in [1.29, 1.82) is 5.26 Å². The van der Waals surface area contributed by atoms with Crippen LogP contribution in [0.3, 0.4) is 0 Å². The van der Waals surface area contributed by atoms with Crippen LogP contribution in [0.2, 0.25) is 0 Å². The summed E-state index contributed by atoms with van der Waals surface area (Å²) in [7, 11) is -3.82. The largest absolute Gasteiger partial charge is 0.346 e. The third-order valence-electron chi connectivity index (χ3n) is 4.06. The molecule has 4 nitrogen and oxygen atoms in total. The molecule has 0 unspecified atom stereocenters. The first kappa shape index (κ1) is 18.0. The van der Waals surface area contributed by atoms with Crippen molar-refractivity contribution in [3.8, 4) is 6.07 Å². The maximum atomic E-state index is 12.7. The maximum absolute atomic E-state index is 12.7. The Hall–Kier alpha value is -2.32. The van der Waals surface area contributed by atoms with E-state index in [1.54, 1.807) is 12.1 Å². The number of hydrogen-bond donors (Lipinski definition) is 0. The Bertz CT molecular complexity index is 925. The Kier molecular flexibility index (Phi) is 5.00. The number of aryl methyl sites for hydroxylation is 2. The van der Waals surface area contributed by atoms with Gasteiger partial charge in [-0.05, 0) is 64.5 Å². The first-order chi connectivity index (χ1) is 11.2. The highest BCUT2D eigenvalue weighted by Gasteiger charge is 2.21. The lowest BCUT2D eigenvalue weighted by Crippen LogP contribution is -2.05. The molecule has 0 radical (unpaired) electrons. The standard InChI is InChI=1S/C19H22N2O2S/c1-13(2)21-15(4)10-17(16(21)5)11-19(12-20)24(22,23)18-8-6-14(3)7-9-18/h6-11,13H,1-5H3/b19-11+. The van der Waals surface area contributed by atoms with Crippen molar-refractivity contribution in [2.24, 2.45) is 0 Å². The van der Waals surface area contributed by atoms with Crippen molar-refractivity contribution in [3.63, 3.8) is 0 Å². The summed E-state index contributed by atoms with van der Waals surface area (Å²) >= 11 is 0. The molecule has 5 heteroatoms. The molecule has 0 amide bonds. The fraction of sp³-hybridized carbons (Fsp3) is 0.316. The maximum Gasteiger partial charge on any atom is 0.216 e. The molecule has 0 atom stereocenters. The molecule has 0 saturated heterocycles. The summed E-state index contributed by atoms with van der Waals surface area (Å²) in [4.78, 5) is -0.103. The Labute approximate surface area is 144 Å². The van der Waals surface area contributed by atoms with Crippen LogP contribution in [0.5, 0.6) is 0 Å². The summed E-state index contributed by atoms with van der Waals surface area (Å²) < 4.78 is 27.6. The van der Waals surface area contributed by atoms with Crippen LogP contribution in [0.4, 0.5) is 0 Å². The lowest BCUT2D eigenvalue weighted by atomic mass is 10.2. The predicted molar refractivity (Wildman–Crippen MR) is 96.2 cm³/mol. The summed E-state index contributed by atoms with van der Waals surface area (Å²) in [6, 6.07) is 10.6. The Morgan fingerprint density at radius 2 is 1.75 bits per heavy atom. The minimum atomic E-state index is -3.82. The van der Waals surface area contributed by atoms with E-state index in [1.165, 1.54) is 18.2 Å². The smallest absolute Gasteiger partial charge is 0.216 e. The summed E-state index contributed by atoms with van der Waals surface area (Å²) in [5.41, 5.74) is 3.72. The van der Waals surface area contributed by atoms with Gasteiger partial charge in [0.05, 0.1) is 4.90 Å². The molecule has 0 aliphatic rings. The van der Waals surface area contributed by atoms with Crippen LogP contribution in [0.25, 0.3) is 6.08 Å². The van der Waals surface area contributed by atoms with Gasteiger partial charge in [0.1, 0.15) is 11.0 Å². The van der Waals surface area contributed by atoms with Crippen molar-refractivity contribution >= 4 is 15.9 Å². The van der Waals surface area contributed by atoms with Gasteiger partial charge in [-0.1, -0.05) is 17.7 Å². The van der Waals surface area contributed by atoms with E-state index in [0.717, 1.165) is 22.5 Å². The second-order valence-electron chi connectivity index (χ2n) is 6.23. The summed E-state index contributed by atoms with van der Waals surface area (Å²) in [6.45, 7) is 9.94. The van der Waals surface area contributed by atoms with Gasteiger partial charge in [0, 0.05) is 17.4 Å². The topological polar surface area (TPSA) is 62.9 Å². The minimum Gasteiger partial charge on any atom is -0.346 e. The number of hydrogen-bond acceptors (Lipinski definition) is 3. The highest BCUT2D eigenvalue weighted by Crippen LogP contribution is 2.26. The molecule has 24 heavy (non-hydrogen) atoms. The molecule has 1 heterocycles. The number of rotatable bonds is 4. The van der Waals surface area contributed by atoms with E-state index in [-0.39, 0.29) is 15.8 Å². The average Bonchev–Trinajstić information content (AvgIpc) is 2.79. The van der Waals surface area contributed by atoms with Crippen molar-refractivity contribution in [2.75, 3.05) is 0 Å². The zero-order valence-electron chi connectivity index (χ0n) is 14.7. The van der Waals surface area contributed by atoms with E-state index in [2.05, 4.69) is 18.4 Å². The quantitative estimate of drug-likeness (QED) is 0.777. The van der Waals surface area contributed by atoms with Crippen LogP contribution in [0, 0.1) is 32.1 Å². The predicted octanol–water partition coefficient (Wildman–Crippen LogP) is 4.33. The van der Waals surface area contributed by atoms with Gasteiger partial charge in [-0.2, -0.15) is 5.26 Å². The van der Waals surface area contributed by atoms with Crippen LogP contribution >= 0.6 is 0 Å². The molecular weight excluding hydrogens is 320 g/mol. The number of sulfone groups is 1. The second kappa shape index (κ2) is 6.66. The summed E-state index contributed by atoms with van der Waals surface area (Å²) in [5, 5.41) is 9.41. The third kappa shape index (κ3) is 3.29. The fourth-order valence-electron chi connectivity index (χ4n) is 2.90. The van der Waals surface area contributed by atoms with Crippen molar-refractivity contribution in [3.05, 3.63) is 57.8 Å². The lowest BCUT2D eigenvalue weighted by molar-refractivity contribution is 0.574. The number of nitrogens with zero attached hydrogens (tertiary/aromatic N) is 2. The first-order valence-electron chi connectivity index (χ1n) is 7.80. The molecular formula is C19H22N2O2S. The molecule has 1 aromatic carbocycles. The Morgan fingerprint density at radius 1 is 1.17 bits per heavy atom. The van der Waals surface area contributed by atoms with Crippen molar-refractivity contribution < 1.29 is 8.42 Å². The second-order valence-corrected chi connectivity index (χ2v) is 8.15. The number of benzene rings is 1. The first-order valence-corrected chi connectivity index (χ1v) is 9.28. The number of allylic oxidation sites excluding steroid dienone is 1. The van der Waals surface area contributed by atoms with Gasteiger partial charge in [-0.15, -0.1) is 0 Å². The molecule has 0 spiro atoms. The van der Waals surface area contributed by atoms with Crippen LogP contribution in [0.15, 0.2) is 40.1 Å². The van der Waals surface area contributed by atoms with Crippen LogP contribution in [0.1, 0.15) is 42.4 Å². The molecule has 0 aliphatic carbocycles. The van der Waals surface area contributed by atoms with E-state index in [1.807, 2.05) is 32.9 Å². The van der Waals surface area contributed by atoms with E-state index >= 15 is 0 Å². The summed E-state index contributed by atoms with van der Waals surface area (Å²) in [6.07, 6.45) is 1.47. The molecule has 1 aromatic heterocycles. The third-order valence-corrected chi connectivity index (χ3v) is 5.74. The average molecular weight is 342 g/mol. The SMILES string of the molecule is Cc1ccc(S(=O)(=O)/C(C#N)=C/c2cc(C)n(C(C)C)c2C)cc1. The molecule has 2 aromatic rings. The van der Waals surface area contributed by atoms with Crippen LogP contribution < -0.4 is 0 Å². The summed E-state index contributed by atoms with van der Waals surface area (Å²) in [5.74, 6) is 0. The van der Waals surface area contributed by atoms with Crippen LogP contribution in [-0.4, -0.2) is 13.0 Å². The van der Waals surface area contributed by atoms with Gasteiger partial charge in [0.2, 0.25) is 9.84 Å². The monoisotopic (exact) mass is 342 g/mol. The Balaban J connectivity index is 2.57. The van der Waals surface area contributed by atoms with E-state index in [0.29, 0.717) is 0 Å². The lowest BCUT2D eigenvalue weighted by Gasteiger charge is -2.13. The Morgan fingerprint density at radius 3 is 2.21 bits per heavy atom. The van der Waals surface area contributed by atoms with E-state index in [4.69, 9.17) is 0 Å². The fourth-order valence-corrected chi connectivity index (χ4v) is 4.05. The molecule has 126 valence electrons. The molecule has 2 rings (SSSR count). The van der Waals surface area contributed by atoms with Gasteiger partial charge in [-0.3, -0.25) is 0 Å². The molecule has 0 fully saturated rings. The van der Waals surface area contributed by atoms with E-state index in [9.17, 15) is 13.7 Å². The van der Waals surface area contributed by atoms with Crippen molar-refractivity contribution in [2.45, 2.75) is 45.6 Å². The zero-order valence-corrected chi connectivity index (χ0v) is 15.5. The molecule has 0 bridgehead atoms. The number of aromatic nitrogens is 1. The normalized spacial score (nSPS) is 12.5. The van der Waals surface area contributed by atoms with Crippen LogP contribution in [-0.2, 0) is 9.84 Å². The minimum absolute atomic E-state index is 0.138. The highest BCUT2D eigenvalue weighted by molar-refractivity contribution is 7.95. The molecule has 0 saturated carbocycles. The zero-order chi connectivity index (χ0) is 18.1. The van der Waals surface area contributed by atoms with Gasteiger partial charge in [0.15, 0.2) is 0 Å². The number of nitriles is 1. The highest BCUT2D eigenvalue weighted by atomic mass is 32.2. The van der Waals surface area contributed by atoms with Gasteiger partial charge in [-0.25, -0.2) is 8.42 Å². The van der Waals surface area contributed by atoms with Crippen molar-refractivity contribution in [1.82, 2.24) is 4.57 Å².